The number of hydrogen-bond acceptors (Lipinski definition) is 3. The molecule has 0 radical (unpaired) electrons. The molecule has 2 amide bonds. The maximum atomic E-state index is 12.0. The maximum absolute atomic E-state index is 12.0. The molecule has 0 spiro atoms. The van der Waals surface area contributed by atoms with Crippen molar-refractivity contribution in [3.63, 3.8) is 0 Å². The van der Waals surface area contributed by atoms with E-state index in [0.717, 1.165) is 12.8 Å². The quantitative estimate of drug-likeness (QED) is 0.796. The topological polar surface area (TPSA) is 61.6 Å². The van der Waals surface area contributed by atoms with Gasteiger partial charge in [0, 0.05) is 38.8 Å². The SMILES string of the molecule is CCCC(CN)N1CCN(C(=O)NCC(F)(F)F)CC1. The maximum Gasteiger partial charge on any atom is 0.405 e. The molecule has 1 aliphatic heterocycles. The number of piperazine rings is 1. The van der Waals surface area contributed by atoms with Crippen molar-refractivity contribution in [1.29, 1.82) is 0 Å². The molecule has 1 aliphatic rings. The minimum absolute atomic E-state index is 0.292. The molecule has 8 heteroatoms. The van der Waals surface area contributed by atoms with E-state index in [1.165, 1.54) is 4.90 Å². The molecule has 1 fully saturated rings. The van der Waals surface area contributed by atoms with Crippen LogP contribution in [0.4, 0.5) is 18.0 Å². The van der Waals surface area contributed by atoms with Gasteiger partial charge in [-0.2, -0.15) is 13.2 Å². The van der Waals surface area contributed by atoms with Crippen molar-refractivity contribution in [2.75, 3.05) is 39.3 Å². The van der Waals surface area contributed by atoms with E-state index >= 15 is 0 Å². The highest BCUT2D eigenvalue weighted by molar-refractivity contribution is 5.74. The number of nitrogens with two attached hydrogens (primary N) is 1. The Labute approximate surface area is 117 Å². The van der Waals surface area contributed by atoms with Crippen LogP contribution in [0.1, 0.15) is 19.8 Å². The number of halogens is 3. The van der Waals surface area contributed by atoms with Crippen molar-refractivity contribution in [3.8, 4) is 0 Å². The zero-order valence-corrected chi connectivity index (χ0v) is 11.7. The van der Waals surface area contributed by atoms with Crippen molar-refractivity contribution in [2.24, 2.45) is 5.73 Å². The highest BCUT2D eigenvalue weighted by atomic mass is 19.4. The van der Waals surface area contributed by atoms with Gasteiger partial charge in [0.2, 0.25) is 0 Å². The molecule has 1 rings (SSSR count). The average Bonchev–Trinajstić information content (AvgIpc) is 2.41. The van der Waals surface area contributed by atoms with Crippen LogP contribution in [0.15, 0.2) is 0 Å². The van der Waals surface area contributed by atoms with Crippen molar-refractivity contribution >= 4 is 6.03 Å². The number of carbonyl (C=O) groups is 1. The second kappa shape index (κ2) is 7.68. The van der Waals surface area contributed by atoms with Gasteiger partial charge < -0.3 is 16.0 Å². The molecule has 3 N–H and O–H groups in total. The second-order valence-corrected chi connectivity index (χ2v) is 4.98. The Morgan fingerprint density at radius 2 is 1.90 bits per heavy atom. The summed E-state index contributed by atoms with van der Waals surface area (Å²) in [4.78, 5) is 15.2. The molecule has 5 nitrogen and oxygen atoms in total. The molecule has 20 heavy (non-hydrogen) atoms. The fraction of sp³-hybridized carbons (Fsp3) is 0.917. The van der Waals surface area contributed by atoms with Crippen LogP contribution in [0.3, 0.4) is 0 Å². The van der Waals surface area contributed by atoms with Gasteiger partial charge in [-0.1, -0.05) is 13.3 Å². The number of nitrogens with one attached hydrogen (secondary N) is 1. The first kappa shape index (κ1) is 17.0. The number of urea groups is 1. The Bertz CT molecular complexity index is 304. The zero-order valence-electron chi connectivity index (χ0n) is 11.7. The van der Waals surface area contributed by atoms with Crippen LogP contribution in [0.5, 0.6) is 0 Å². The van der Waals surface area contributed by atoms with Crippen molar-refractivity contribution in [3.05, 3.63) is 0 Å². The highest BCUT2D eigenvalue weighted by Crippen LogP contribution is 2.13. The minimum Gasteiger partial charge on any atom is -0.329 e. The molecule has 1 heterocycles. The monoisotopic (exact) mass is 296 g/mol. The predicted molar refractivity (Wildman–Crippen MR) is 70.4 cm³/mol. The number of nitrogens with zero attached hydrogens (tertiary/aromatic N) is 2. The number of amides is 2. The number of hydrogen-bond donors (Lipinski definition) is 2. The minimum atomic E-state index is -4.37. The van der Waals surface area contributed by atoms with Gasteiger partial charge in [0.1, 0.15) is 6.54 Å². The van der Waals surface area contributed by atoms with Crippen LogP contribution < -0.4 is 11.1 Å². The van der Waals surface area contributed by atoms with Crippen LogP contribution in [0, 0.1) is 0 Å². The van der Waals surface area contributed by atoms with Crippen molar-refractivity contribution < 1.29 is 18.0 Å². The molecule has 0 bridgehead atoms. The Kier molecular flexibility index (Phi) is 6.54. The van der Waals surface area contributed by atoms with E-state index in [1.54, 1.807) is 0 Å². The van der Waals surface area contributed by atoms with Crippen LogP contribution in [-0.4, -0.2) is 67.3 Å². The molecule has 0 saturated carbocycles. The van der Waals surface area contributed by atoms with E-state index in [-0.39, 0.29) is 0 Å². The molecule has 0 aromatic rings. The first-order valence-electron chi connectivity index (χ1n) is 6.91. The summed E-state index contributed by atoms with van der Waals surface area (Å²) >= 11 is 0. The molecular weight excluding hydrogens is 273 g/mol. The van der Waals surface area contributed by atoms with E-state index in [1.807, 2.05) is 5.32 Å². The van der Waals surface area contributed by atoms with Gasteiger partial charge >= 0.3 is 12.2 Å². The van der Waals surface area contributed by atoms with Crippen LogP contribution in [-0.2, 0) is 0 Å². The predicted octanol–water partition coefficient (Wildman–Crippen LogP) is 1.00. The van der Waals surface area contributed by atoms with Gasteiger partial charge in [0.25, 0.3) is 0 Å². The van der Waals surface area contributed by atoms with E-state index < -0.39 is 18.8 Å². The van der Waals surface area contributed by atoms with Crippen LogP contribution >= 0.6 is 0 Å². The fourth-order valence-corrected chi connectivity index (χ4v) is 2.36. The first-order chi connectivity index (χ1) is 9.37. The van der Waals surface area contributed by atoms with E-state index in [2.05, 4.69) is 11.8 Å². The van der Waals surface area contributed by atoms with Gasteiger partial charge in [-0.3, -0.25) is 4.90 Å². The molecule has 1 atom stereocenters. The normalized spacial score (nSPS) is 18.9. The van der Waals surface area contributed by atoms with E-state index in [0.29, 0.717) is 38.8 Å². The number of alkyl halides is 3. The third-order valence-corrected chi connectivity index (χ3v) is 3.45. The van der Waals surface area contributed by atoms with Gasteiger partial charge in [-0.25, -0.2) is 4.79 Å². The summed E-state index contributed by atoms with van der Waals surface area (Å²) < 4.78 is 36.1. The van der Waals surface area contributed by atoms with Gasteiger partial charge in [0.05, 0.1) is 0 Å². The number of rotatable bonds is 5. The summed E-state index contributed by atoms with van der Waals surface area (Å²) in [5.41, 5.74) is 5.72. The summed E-state index contributed by atoms with van der Waals surface area (Å²) in [6.45, 7) is 3.54. The van der Waals surface area contributed by atoms with Crippen molar-refractivity contribution in [1.82, 2.24) is 15.1 Å². The van der Waals surface area contributed by atoms with Gasteiger partial charge in [-0.15, -0.1) is 0 Å². The van der Waals surface area contributed by atoms with E-state index in [9.17, 15) is 18.0 Å². The lowest BCUT2D eigenvalue weighted by Crippen LogP contribution is -2.56. The zero-order chi connectivity index (χ0) is 15.2. The lowest BCUT2D eigenvalue weighted by molar-refractivity contribution is -0.123. The standard InChI is InChI=1S/C12H23F3N4O/c1-2-3-10(8-16)18-4-6-19(7-5-18)11(20)17-9-12(13,14)15/h10H,2-9,16H2,1H3,(H,17,20). The Morgan fingerprint density at radius 3 is 2.35 bits per heavy atom. The largest absolute Gasteiger partial charge is 0.405 e. The summed E-state index contributed by atoms with van der Waals surface area (Å²) in [6.07, 6.45) is -2.34. The summed E-state index contributed by atoms with van der Waals surface area (Å²) in [5.74, 6) is 0. The molecule has 1 unspecified atom stereocenters. The molecule has 1 saturated heterocycles. The second-order valence-electron chi connectivity index (χ2n) is 4.98. The van der Waals surface area contributed by atoms with Crippen LogP contribution in [0.2, 0.25) is 0 Å². The molecule has 118 valence electrons. The van der Waals surface area contributed by atoms with Crippen molar-refractivity contribution in [2.45, 2.75) is 32.0 Å². The fourth-order valence-electron chi connectivity index (χ4n) is 2.36. The third-order valence-electron chi connectivity index (χ3n) is 3.45. The van der Waals surface area contributed by atoms with E-state index in [4.69, 9.17) is 5.73 Å². The lowest BCUT2D eigenvalue weighted by atomic mass is 10.1. The van der Waals surface area contributed by atoms with Gasteiger partial charge in [0.15, 0.2) is 0 Å². The number of carbonyl (C=O) groups excluding carboxylic acids is 1. The summed E-state index contributed by atoms with van der Waals surface area (Å²) in [7, 11) is 0. The smallest absolute Gasteiger partial charge is 0.329 e. The molecule has 0 aliphatic carbocycles. The van der Waals surface area contributed by atoms with Gasteiger partial charge in [-0.05, 0) is 6.42 Å². The summed E-state index contributed by atoms with van der Waals surface area (Å²) in [6, 6.07) is -0.359. The molecule has 0 aromatic heterocycles. The third kappa shape index (κ3) is 5.54. The molecular formula is C12H23F3N4O. The Morgan fingerprint density at radius 1 is 1.30 bits per heavy atom. The summed E-state index contributed by atoms with van der Waals surface area (Å²) in [5, 5.41) is 1.89. The molecule has 0 aromatic carbocycles. The highest BCUT2D eigenvalue weighted by Gasteiger charge is 2.30. The lowest BCUT2D eigenvalue weighted by Gasteiger charge is -2.38. The average molecular weight is 296 g/mol. The van der Waals surface area contributed by atoms with Crippen LogP contribution in [0.25, 0.3) is 0 Å². The Hall–Kier alpha value is -1.02. The first-order valence-corrected chi connectivity index (χ1v) is 6.91. The Balaban J connectivity index is 2.36.